The molecule has 174 valence electrons. The summed E-state index contributed by atoms with van der Waals surface area (Å²) < 4.78 is 9.84. The van der Waals surface area contributed by atoms with Gasteiger partial charge in [0.2, 0.25) is 0 Å². The minimum atomic E-state index is -0.882. The third kappa shape index (κ3) is 4.90. The van der Waals surface area contributed by atoms with E-state index in [4.69, 9.17) is 9.47 Å². The zero-order valence-electron chi connectivity index (χ0n) is 17.5. The van der Waals surface area contributed by atoms with Gasteiger partial charge in [-0.1, -0.05) is 0 Å². The highest BCUT2D eigenvalue weighted by Crippen LogP contribution is 2.38. The first-order valence-electron chi connectivity index (χ1n) is 9.56. The van der Waals surface area contributed by atoms with Crippen molar-refractivity contribution in [2.24, 2.45) is 0 Å². The van der Waals surface area contributed by atoms with Crippen molar-refractivity contribution in [3.05, 3.63) is 60.0 Å². The minimum Gasteiger partial charge on any atom is -0.465 e. The van der Waals surface area contributed by atoms with E-state index in [2.05, 4.69) is 5.32 Å². The number of anilines is 1. The number of nitro groups is 2. The van der Waals surface area contributed by atoms with E-state index < -0.39 is 39.2 Å². The normalized spacial score (nSPS) is 12.5. The number of ether oxygens (including phenoxy) is 2. The second kappa shape index (κ2) is 9.60. The minimum absolute atomic E-state index is 0.106. The highest BCUT2D eigenvalue weighted by molar-refractivity contribution is 7.17. The molecule has 2 aromatic rings. The number of hydrogen-bond donors (Lipinski definition) is 1. The Kier molecular flexibility index (Phi) is 6.86. The number of methoxy groups -OCH3 is 1. The Morgan fingerprint density at radius 3 is 2.33 bits per heavy atom. The fraction of sp³-hybridized carbons (Fsp3) is 0.316. The van der Waals surface area contributed by atoms with Crippen LogP contribution < -0.4 is 5.32 Å². The number of esters is 1. The molecule has 2 amide bonds. The Labute approximate surface area is 190 Å². The number of rotatable bonds is 6. The molecule has 0 unspecified atom stereocenters. The molecule has 0 fully saturated rings. The third-order valence-corrected chi connectivity index (χ3v) is 5.92. The average molecular weight is 478 g/mol. The second-order valence-corrected chi connectivity index (χ2v) is 7.88. The SMILES string of the molecule is CCOC(=O)N1CCc2c(sc(NC(=O)c3cc([N+](=O)[O-])cc([N+](=O)[O-])c3)c2C(=O)OC)C1. The third-order valence-electron chi connectivity index (χ3n) is 4.79. The Morgan fingerprint density at radius 1 is 1.15 bits per heavy atom. The molecular formula is C19H18N4O9S. The van der Waals surface area contributed by atoms with Gasteiger partial charge < -0.3 is 19.7 Å². The molecule has 1 aromatic heterocycles. The van der Waals surface area contributed by atoms with E-state index >= 15 is 0 Å². The lowest BCUT2D eigenvalue weighted by atomic mass is 10.0. The Bertz CT molecular complexity index is 1130. The molecule has 0 saturated heterocycles. The molecule has 1 aromatic carbocycles. The summed E-state index contributed by atoms with van der Waals surface area (Å²) in [5, 5.41) is 24.8. The van der Waals surface area contributed by atoms with Crippen molar-refractivity contribution in [2.75, 3.05) is 25.6 Å². The monoisotopic (exact) mass is 478 g/mol. The first-order valence-corrected chi connectivity index (χ1v) is 10.4. The number of fused-ring (bicyclic) bond motifs is 1. The Hall–Kier alpha value is -4.07. The van der Waals surface area contributed by atoms with Gasteiger partial charge in [0.25, 0.3) is 17.3 Å². The fourth-order valence-electron chi connectivity index (χ4n) is 3.29. The predicted molar refractivity (Wildman–Crippen MR) is 114 cm³/mol. The van der Waals surface area contributed by atoms with Gasteiger partial charge >= 0.3 is 12.1 Å². The van der Waals surface area contributed by atoms with Crippen LogP contribution in [0.5, 0.6) is 0 Å². The smallest absolute Gasteiger partial charge is 0.410 e. The van der Waals surface area contributed by atoms with Crippen molar-refractivity contribution in [1.29, 1.82) is 0 Å². The van der Waals surface area contributed by atoms with E-state index in [9.17, 15) is 34.6 Å². The molecule has 3 rings (SSSR count). The number of nitrogens with zero attached hydrogens (tertiary/aromatic N) is 3. The summed E-state index contributed by atoms with van der Waals surface area (Å²) in [5.41, 5.74) is -0.871. The topological polar surface area (TPSA) is 171 Å². The van der Waals surface area contributed by atoms with Gasteiger partial charge in [0.1, 0.15) is 5.00 Å². The lowest BCUT2D eigenvalue weighted by Gasteiger charge is -2.26. The molecule has 0 saturated carbocycles. The number of thiophene rings is 1. The number of amides is 2. The highest BCUT2D eigenvalue weighted by Gasteiger charge is 2.32. The van der Waals surface area contributed by atoms with Crippen LogP contribution in [-0.2, 0) is 22.4 Å². The molecule has 0 spiro atoms. The maximum atomic E-state index is 12.8. The number of carbonyl (C=O) groups excluding carboxylic acids is 3. The van der Waals surface area contributed by atoms with Gasteiger partial charge in [-0.05, 0) is 18.9 Å². The van der Waals surface area contributed by atoms with Crippen LogP contribution in [0.25, 0.3) is 0 Å². The summed E-state index contributed by atoms with van der Waals surface area (Å²) in [6.45, 7) is 2.33. The molecule has 2 heterocycles. The van der Waals surface area contributed by atoms with Gasteiger partial charge in [-0.15, -0.1) is 11.3 Å². The van der Waals surface area contributed by atoms with Crippen LogP contribution in [0, 0.1) is 20.2 Å². The zero-order valence-corrected chi connectivity index (χ0v) is 18.3. The number of carbonyl (C=O) groups is 3. The summed E-state index contributed by atoms with van der Waals surface area (Å²) in [5.74, 6) is -1.59. The highest BCUT2D eigenvalue weighted by atomic mass is 32.1. The van der Waals surface area contributed by atoms with E-state index in [0.29, 0.717) is 16.9 Å². The molecule has 0 bridgehead atoms. The summed E-state index contributed by atoms with van der Waals surface area (Å²) in [7, 11) is 1.18. The summed E-state index contributed by atoms with van der Waals surface area (Å²) >= 11 is 1.04. The van der Waals surface area contributed by atoms with Crippen molar-refractivity contribution in [2.45, 2.75) is 19.9 Å². The van der Waals surface area contributed by atoms with Crippen molar-refractivity contribution in [3.63, 3.8) is 0 Å². The maximum absolute atomic E-state index is 12.8. The van der Waals surface area contributed by atoms with Crippen molar-refractivity contribution < 1.29 is 33.7 Å². The predicted octanol–water partition coefficient (Wildman–Crippen LogP) is 3.12. The van der Waals surface area contributed by atoms with Crippen LogP contribution >= 0.6 is 11.3 Å². The van der Waals surface area contributed by atoms with Crippen LogP contribution in [0.2, 0.25) is 0 Å². The standard InChI is InChI=1S/C19H18N4O9S/c1-3-32-19(26)21-5-4-13-14(9-21)33-17(15(13)18(25)31-2)20-16(24)10-6-11(22(27)28)8-12(7-10)23(29)30/h6-8H,3-5,9H2,1-2H3,(H,20,24). The first-order chi connectivity index (χ1) is 15.7. The maximum Gasteiger partial charge on any atom is 0.410 e. The number of hydrogen-bond acceptors (Lipinski definition) is 10. The van der Waals surface area contributed by atoms with E-state index in [1.54, 1.807) is 6.92 Å². The van der Waals surface area contributed by atoms with E-state index in [0.717, 1.165) is 29.5 Å². The lowest BCUT2D eigenvalue weighted by molar-refractivity contribution is -0.394. The number of non-ortho nitro benzene ring substituents is 2. The molecule has 0 radical (unpaired) electrons. The molecule has 1 aliphatic rings. The van der Waals surface area contributed by atoms with E-state index in [1.807, 2.05) is 0 Å². The molecule has 0 aliphatic carbocycles. The number of nitrogens with one attached hydrogen (secondary N) is 1. The Balaban J connectivity index is 1.96. The summed E-state index contributed by atoms with van der Waals surface area (Å²) in [6, 6.07) is 2.54. The van der Waals surface area contributed by atoms with Crippen LogP contribution in [-0.4, -0.2) is 53.0 Å². The van der Waals surface area contributed by atoms with Crippen molar-refractivity contribution >= 4 is 45.7 Å². The summed E-state index contributed by atoms with van der Waals surface area (Å²) in [6.07, 6.45) is -0.196. The van der Waals surface area contributed by atoms with Gasteiger partial charge in [0, 0.05) is 23.6 Å². The number of nitro benzene ring substituents is 2. The van der Waals surface area contributed by atoms with Crippen LogP contribution in [0.4, 0.5) is 21.2 Å². The lowest BCUT2D eigenvalue weighted by Crippen LogP contribution is -2.36. The first kappa shape index (κ1) is 23.6. The van der Waals surface area contributed by atoms with Crippen molar-refractivity contribution in [3.8, 4) is 0 Å². The van der Waals surface area contributed by atoms with Crippen LogP contribution in [0.3, 0.4) is 0 Å². The van der Waals surface area contributed by atoms with Gasteiger partial charge in [0.05, 0.1) is 47.3 Å². The van der Waals surface area contributed by atoms with Crippen molar-refractivity contribution in [1.82, 2.24) is 4.90 Å². The zero-order chi connectivity index (χ0) is 24.3. The van der Waals surface area contributed by atoms with Gasteiger partial charge in [-0.3, -0.25) is 25.0 Å². The quantitative estimate of drug-likeness (QED) is 0.372. The Morgan fingerprint density at radius 2 is 1.79 bits per heavy atom. The van der Waals surface area contributed by atoms with Crippen LogP contribution in [0.1, 0.15) is 38.1 Å². The molecular weight excluding hydrogens is 460 g/mol. The molecule has 0 atom stereocenters. The van der Waals surface area contributed by atoms with E-state index in [-0.39, 0.29) is 35.8 Å². The molecule has 13 nitrogen and oxygen atoms in total. The van der Waals surface area contributed by atoms with Gasteiger partial charge in [-0.25, -0.2) is 9.59 Å². The van der Waals surface area contributed by atoms with Gasteiger partial charge in [0.15, 0.2) is 0 Å². The largest absolute Gasteiger partial charge is 0.465 e. The van der Waals surface area contributed by atoms with Gasteiger partial charge in [-0.2, -0.15) is 0 Å². The van der Waals surface area contributed by atoms with E-state index in [1.165, 1.54) is 12.0 Å². The molecule has 14 heteroatoms. The molecule has 1 N–H and O–H groups in total. The average Bonchev–Trinajstić information content (AvgIpc) is 3.15. The second-order valence-electron chi connectivity index (χ2n) is 6.78. The fourth-order valence-corrected chi connectivity index (χ4v) is 4.54. The van der Waals surface area contributed by atoms with Crippen LogP contribution in [0.15, 0.2) is 18.2 Å². The number of benzene rings is 1. The molecule has 33 heavy (non-hydrogen) atoms. The molecule has 1 aliphatic heterocycles. The summed E-state index contributed by atoms with van der Waals surface area (Å²) in [4.78, 5) is 59.9.